The first-order valence-corrected chi connectivity index (χ1v) is 5.62. The summed E-state index contributed by atoms with van der Waals surface area (Å²) in [6, 6.07) is -0.704. The molecule has 0 fully saturated rings. The van der Waals surface area contributed by atoms with Crippen LogP contribution in [0.2, 0.25) is 0 Å². The highest BCUT2D eigenvalue weighted by atomic mass is 16.5. The number of carbonyl (C=O) groups excluding carboxylic acids is 3. The van der Waals surface area contributed by atoms with Crippen LogP contribution in [0.15, 0.2) is 0 Å². The lowest BCUT2D eigenvalue weighted by atomic mass is 10.0. The maximum Gasteiger partial charge on any atom is 0.306 e. The van der Waals surface area contributed by atoms with E-state index in [0.29, 0.717) is 0 Å². The van der Waals surface area contributed by atoms with Gasteiger partial charge in [-0.2, -0.15) is 0 Å². The van der Waals surface area contributed by atoms with E-state index in [1.807, 2.05) is 0 Å². The molecule has 0 bridgehead atoms. The van der Waals surface area contributed by atoms with Crippen LogP contribution in [-0.4, -0.2) is 30.4 Å². The highest BCUT2D eigenvalue weighted by molar-refractivity contribution is 5.88. The first-order chi connectivity index (χ1) is 7.88. The summed E-state index contributed by atoms with van der Waals surface area (Å²) in [5.74, 6) is -1.47. The molecule has 0 saturated heterocycles. The van der Waals surface area contributed by atoms with E-state index < -0.39 is 17.9 Å². The van der Waals surface area contributed by atoms with E-state index >= 15 is 0 Å². The first-order valence-electron chi connectivity index (χ1n) is 5.62. The number of nitrogens with one attached hydrogen (secondary N) is 1. The highest BCUT2D eigenvalue weighted by Gasteiger charge is 2.21. The van der Waals surface area contributed by atoms with Crippen molar-refractivity contribution in [1.29, 1.82) is 0 Å². The van der Waals surface area contributed by atoms with Gasteiger partial charge in [-0.15, -0.1) is 0 Å². The van der Waals surface area contributed by atoms with E-state index in [9.17, 15) is 14.4 Å². The van der Waals surface area contributed by atoms with Crippen molar-refractivity contribution in [1.82, 2.24) is 5.32 Å². The van der Waals surface area contributed by atoms with Gasteiger partial charge in [0.05, 0.1) is 13.0 Å². The summed E-state index contributed by atoms with van der Waals surface area (Å²) in [6.07, 6.45) is -0.00140. The van der Waals surface area contributed by atoms with Gasteiger partial charge >= 0.3 is 5.97 Å². The fourth-order valence-electron chi connectivity index (χ4n) is 1.26. The van der Waals surface area contributed by atoms with E-state index in [4.69, 9.17) is 5.73 Å². The Morgan fingerprint density at radius 3 is 2.24 bits per heavy atom. The number of hydrogen-bond donors (Lipinski definition) is 2. The van der Waals surface area contributed by atoms with Gasteiger partial charge in [0.25, 0.3) is 0 Å². The van der Waals surface area contributed by atoms with Crippen molar-refractivity contribution in [2.75, 3.05) is 6.61 Å². The Kier molecular flexibility index (Phi) is 6.93. The third-order valence-electron chi connectivity index (χ3n) is 2.15. The van der Waals surface area contributed by atoms with Gasteiger partial charge in [-0.25, -0.2) is 0 Å². The minimum Gasteiger partial charge on any atom is -0.466 e. The van der Waals surface area contributed by atoms with Crippen molar-refractivity contribution in [3.8, 4) is 0 Å². The Bertz CT molecular complexity index is 289. The molecular weight excluding hydrogens is 224 g/mol. The number of nitrogens with two attached hydrogens (primary N) is 1. The SMILES string of the molecule is CCOC(=O)CCC(=O)N[C@H](C(N)=O)C(C)C. The van der Waals surface area contributed by atoms with Gasteiger partial charge in [-0.1, -0.05) is 13.8 Å². The lowest BCUT2D eigenvalue weighted by molar-refractivity contribution is -0.144. The maximum absolute atomic E-state index is 11.4. The van der Waals surface area contributed by atoms with Crippen molar-refractivity contribution in [3.63, 3.8) is 0 Å². The Morgan fingerprint density at radius 1 is 1.24 bits per heavy atom. The van der Waals surface area contributed by atoms with Crippen LogP contribution in [0, 0.1) is 5.92 Å². The van der Waals surface area contributed by atoms with Crippen molar-refractivity contribution in [2.24, 2.45) is 11.7 Å². The average molecular weight is 244 g/mol. The molecule has 0 aromatic rings. The number of amides is 2. The van der Waals surface area contributed by atoms with Crippen LogP contribution in [0.1, 0.15) is 33.6 Å². The first kappa shape index (κ1) is 15.4. The van der Waals surface area contributed by atoms with Crippen molar-refractivity contribution < 1.29 is 19.1 Å². The molecule has 6 nitrogen and oxygen atoms in total. The molecule has 0 spiro atoms. The molecule has 0 aliphatic carbocycles. The second-order valence-corrected chi connectivity index (χ2v) is 4.00. The fourth-order valence-corrected chi connectivity index (χ4v) is 1.26. The van der Waals surface area contributed by atoms with Crippen LogP contribution < -0.4 is 11.1 Å². The molecule has 0 aromatic heterocycles. The molecule has 1 atom stereocenters. The summed E-state index contributed by atoms with van der Waals surface area (Å²) in [6.45, 7) is 5.54. The second kappa shape index (κ2) is 7.65. The number of rotatable bonds is 7. The number of ether oxygens (including phenoxy) is 1. The smallest absolute Gasteiger partial charge is 0.306 e. The molecule has 17 heavy (non-hydrogen) atoms. The quantitative estimate of drug-likeness (QED) is 0.614. The number of esters is 1. The zero-order valence-electron chi connectivity index (χ0n) is 10.5. The molecule has 0 heterocycles. The molecule has 0 radical (unpaired) electrons. The molecule has 0 saturated carbocycles. The van der Waals surface area contributed by atoms with Crippen LogP contribution in [0.25, 0.3) is 0 Å². The van der Waals surface area contributed by atoms with Gasteiger partial charge in [0.2, 0.25) is 11.8 Å². The molecule has 0 unspecified atom stereocenters. The third-order valence-corrected chi connectivity index (χ3v) is 2.15. The standard InChI is InChI=1S/C11H20N2O4/c1-4-17-9(15)6-5-8(14)13-10(7(2)3)11(12)16/h7,10H,4-6H2,1-3H3,(H2,12,16)(H,13,14)/t10-/m0/s1. The zero-order valence-corrected chi connectivity index (χ0v) is 10.5. The Balaban J connectivity index is 4.07. The second-order valence-electron chi connectivity index (χ2n) is 4.00. The van der Waals surface area contributed by atoms with Crippen molar-refractivity contribution >= 4 is 17.8 Å². The molecule has 6 heteroatoms. The largest absolute Gasteiger partial charge is 0.466 e. The lowest BCUT2D eigenvalue weighted by Gasteiger charge is -2.18. The van der Waals surface area contributed by atoms with Gasteiger partial charge < -0.3 is 15.8 Å². The monoisotopic (exact) mass is 244 g/mol. The molecule has 3 N–H and O–H groups in total. The summed E-state index contributed by atoms with van der Waals surface area (Å²) in [7, 11) is 0. The molecular formula is C11H20N2O4. The normalized spacial score (nSPS) is 12.0. The molecule has 0 aliphatic rings. The summed E-state index contributed by atoms with van der Waals surface area (Å²) < 4.78 is 4.68. The van der Waals surface area contributed by atoms with Crippen LogP contribution in [0.4, 0.5) is 0 Å². The van der Waals surface area contributed by atoms with E-state index in [1.54, 1.807) is 20.8 Å². The number of hydrogen-bond acceptors (Lipinski definition) is 4. The summed E-state index contributed by atoms with van der Waals surface area (Å²) in [5.41, 5.74) is 5.14. The van der Waals surface area contributed by atoms with Gasteiger partial charge in [0.1, 0.15) is 6.04 Å². The van der Waals surface area contributed by atoms with Crippen LogP contribution in [0.5, 0.6) is 0 Å². The molecule has 0 aliphatic heterocycles. The predicted molar refractivity (Wildman–Crippen MR) is 61.8 cm³/mol. The molecule has 2 amide bonds. The van der Waals surface area contributed by atoms with E-state index in [2.05, 4.69) is 10.1 Å². The molecule has 0 rings (SSSR count). The Labute approximate surface area is 101 Å². The minimum absolute atomic E-state index is 0.00322. The summed E-state index contributed by atoms with van der Waals surface area (Å²) >= 11 is 0. The predicted octanol–water partition coefficient (Wildman–Crippen LogP) is -0.0442. The highest BCUT2D eigenvalue weighted by Crippen LogP contribution is 2.02. The molecule has 98 valence electrons. The van der Waals surface area contributed by atoms with Crippen molar-refractivity contribution in [2.45, 2.75) is 39.7 Å². The van der Waals surface area contributed by atoms with Gasteiger partial charge in [-0.05, 0) is 12.8 Å². The fraction of sp³-hybridized carbons (Fsp3) is 0.727. The van der Waals surface area contributed by atoms with Crippen LogP contribution in [0.3, 0.4) is 0 Å². The van der Waals surface area contributed by atoms with Crippen molar-refractivity contribution in [3.05, 3.63) is 0 Å². The topological polar surface area (TPSA) is 98.5 Å². The number of carbonyl (C=O) groups is 3. The van der Waals surface area contributed by atoms with Gasteiger partial charge in [-0.3, -0.25) is 14.4 Å². The Morgan fingerprint density at radius 2 is 1.82 bits per heavy atom. The maximum atomic E-state index is 11.4. The lowest BCUT2D eigenvalue weighted by Crippen LogP contribution is -2.47. The summed E-state index contributed by atoms with van der Waals surface area (Å²) in [4.78, 5) is 33.5. The van der Waals surface area contributed by atoms with Gasteiger partial charge in [0.15, 0.2) is 0 Å². The zero-order chi connectivity index (χ0) is 13.4. The van der Waals surface area contributed by atoms with E-state index in [0.717, 1.165) is 0 Å². The number of primary amides is 1. The van der Waals surface area contributed by atoms with E-state index in [1.165, 1.54) is 0 Å². The van der Waals surface area contributed by atoms with Crippen LogP contribution in [-0.2, 0) is 19.1 Å². The summed E-state index contributed by atoms with van der Waals surface area (Å²) in [5, 5.41) is 2.49. The average Bonchev–Trinajstić information content (AvgIpc) is 2.22. The third kappa shape index (κ3) is 6.55. The van der Waals surface area contributed by atoms with Gasteiger partial charge in [0, 0.05) is 6.42 Å². The molecule has 0 aromatic carbocycles. The van der Waals surface area contributed by atoms with E-state index in [-0.39, 0.29) is 31.3 Å². The Hall–Kier alpha value is -1.59. The minimum atomic E-state index is -0.704. The van der Waals surface area contributed by atoms with Crippen LogP contribution >= 0.6 is 0 Å².